The van der Waals surface area contributed by atoms with Crippen LogP contribution in [0.2, 0.25) is 0 Å². The van der Waals surface area contributed by atoms with Gasteiger partial charge in [-0.25, -0.2) is 0 Å². The first-order valence-corrected chi connectivity index (χ1v) is 7.70. The monoisotopic (exact) mass is 285 g/mol. The van der Waals surface area contributed by atoms with Crippen LogP contribution in [-0.2, 0) is 4.74 Å². The molecule has 1 aromatic heterocycles. The second-order valence-corrected chi connectivity index (χ2v) is 5.60. The van der Waals surface area contributed by atoms with Crippen molar-refractivity contribution in [3.8, 4) is 0 Å². The Kier molecular flexibility index (Phi) is 4.36. The van der Waals surface area contributed by atoms with E-state index in [1.165, 1.54) is 5.39 Å². The number of nitrogens with zero attached hydrogens (tertiary/aromatic N) is 2. The molecular weight excluding hydrogens is 262 g/mol. The fraction of sp³-hybridized carbons (Fsp3) is 0.471. The molecule has 0 saturated carbocycles. The molecule has 1 unspecified atom stereocenters. The van der Waals surface area contributed by atoms with Gasteiger partial charge < -0.3 is 10.1 Å². The van der Waals surface area contributed by atoms with Crippen molar-refractivity contribution >= 4 is 16.6 Å². The van der Waals surface area contributed by atoms with Gasteiger partial charge >= 0.3 is 0 Å². The second-order valence-electron chi connectivity index (χ2n) is 5.60. The predicted octanol–water partition coefficient (Wildman–Crippen LogP) is 2.68. The number of aryl methyl sites for hydroxylation is 1. The lowest BCUT2D eigenvalue weighted by Gasteiger charge is -2.32. The number of pyridine rings is 1. The molecule has 1 aromatic carbocycles. The summed E-state index contributed by atoms with van der Waals surface area (Å²) in [4.78, 5) is 7.01. The van der Waals surface area contributed by atoms with Gasteiger partial charge in [-0.05, 0) is 25.6 Å². The molecule has 0 bridgehead atoms. The topological polar surface area (TPSA) is 37.4 Å². The zero-order valence-corrected chi connectivity index (χ0v) is 12.8. The number of para-hydroxylation sites is 1. The van der Waals surface area contributed by atoms with E-state index in [-0.39, 0.29) is 6.10 Å². The van der Waals surface area contributed by atoms with Crippen molar-refractivity contribution < 1.29 is 4.74 Å². The third-order valence-electron chi connectivity index (χ3n) is 4.03. The third-order valence-corrected chi connectivity index (χ3v) is 4.03. The minimum Gasteiger partial charge on any atom is -0.382 e. The van der Waals surface area contributed by atoms with Gasteiger partial charge in [-0.15, -0.1) is 0 Å². The molecule has 3 rings (SSSR count). The van der Waals surface area contributed by atoms with E-state index < -0.39 is 0 Å². The molecule has 4 nitrogen and oxygen atoms in total. The lowest BCUT2D eigenvalue weighted by Crippen LogP contribution is -2.45. The molecule has 21 heavy (non-hydrogen) atoms. The largest absolute Gasteiger partial charge is 0.382 e. The number of fused-ring (bicyclic) bond motifs is 1. The third kappa shape index (κ3) is 3.34. The minimum absolute atomic E-state index is 0.255. The summed E-state index contributed by atoms with van der Waals surface area (Å²) in [7, 11) is 0. The van der Waals surface area contributed by atoms with Gasteiger partial charge in [0.25, 0.3) is 0 Å². The SMILES string of the molecule is CCN1CCOC(CNc2cc(C)nc3ccccc23)C1. The van der Waals surface area contributed by atoms with E-state index in [1.807, 2.05) is 13.0 Å². The Labute approximate surface area is 126 Å². The average Bonchev–Trinajstić information content (AvgIpc) is 2.52. The lowest BCUT2D eigenvalue weighted by atomic mass is 10.1. The second kappa shape index (κ2) is 6.41. The molecule has 1 aliphatic rings. The van der Waals surface area contributed by atoms with Crippen LogP contribution in [0.1, 0.15) is 12.6 Å². The normalized spacial score (nSPS) is 19.8. The standard InChI is InChI=1S/C17H23N3O/c1-3-20-8-9-21-14(12-20)11-18-17-10-13(2)19-16-7-5-4-6-15(16)17/h4-7,10,14H,3,8-9,11-12H2,1-2H3,(H,18,19). The molecule has 1 aliphatic heterocycles. The first-order chi connectivity index (χ1) is 10.3. The zero-order chi connectivity index (χ0) is 14.7. The van der Waals surface area contributed by atoms with Crippen molar-refractivity contribution in [3.05, 3.63) is 36.0 Å². The Morgan fingerprint density at radius 1 is 1.38 bits per heavy atom. The Bertz CT molecular complexity index is 614. The highest BCUT2D eigenvalue weighted by atomic mass is 16.5. The number of benzene rings is 1. The molecule has 1 fully saturated rings. The van der Waals surface area contributed by atoms with E-state index in [0.717, 1.165) is 49.7 Å². The van der Waals surface area contributed by atoms with E-state index >= 15 is 0 Å². The average molecular weight is 285 g/mol. The molecule has 0 radical (unpaired) electrons. The summed E-state index contributed by atoms with van der Waals surface area (Å²) in [6.07, 6.45) is 0.255. The highest BCUT2D eigenvalue weighted by Gasteiger charge is 2.19. The molecule has 1 N–H and O–H groups in total. The van der Waals surface area contributed by atoms with Gasteiger partial charge in [0.1, 0.15) is 0 Å². The van der Waals surface area contributed by atoms with Crippen LogP contribution < -0.4 is 5.32 Å². The van der Waals surface area contributed by atoms with E-state index in [2.05, 4.69) is 46.4 Å². The van der Waals surface area contributed by atoms with Crippen molar-refractivity contribution in [1.29, 1.82) is 0 Å². The summed E-state index contributed by atoms with van der Waals surface area (Å²) in [5, 5.41) is 4.72. The van der Waals surface area contributed by atoms with Crippen LogP contribution >= 0.6 is 0 Å². The smallest absolute Gasteiger partial charge is 0.0874 e. The van der Waals surface area contributed by atoms with E-state index in [0.29, 0.717) is 0 Å². The van der Waals surface area contributed by atoms with Crippen LogP contribution in [0.15, 0.2) is 30.3 Å². The molecule has 2 aromatic rings. The predicted molar refractivity (Wildman–Crippen MR) is 86.8 cm³/mol. The summed E-state index contributed by atoms with van der Waals surface area (Å²) in [5.41, 5.74) is 3.23. The number of likely N-dealkylation sites (N-methyl/N-ethyl adjacent to an activating group) is 1. The van der Waals surface area contributed by atoms with Gasteiger partial charge in [0.05, 0.1) is 18.2 Å². The van der Waals surface area contributed by atoms with Crippen LogP contribution in [0, 0.1) is 6.92 Å². The Morgan fingerprint density at radius 2 is 2.24 bits per heavy atom. The number of rotatable bonds is 4. The summed E-state index contributed by atoms with van der Waals surface area (Å²) in [5.74, 6) is 0. The Hall–Kier alpha value is -1.65. The number of aromatic nitrogens is 1. The summed E-state index contributed by atoms with van der Waals surface area (Å²) in [6.45, 7) is 9.05. The summed E-state index contributed by atoms with van der Waals surface area (Å²) >= 11 is 0. The first-order valence-electron chi connectivity index (χ1n) is 7.70. The molecule has 1 atom stereocenters. The van der Waals surface area contributed by atoms with Crippen molar-refractivity contribution in [3.63, 3.8) is 0 Å². The molecule has 0 aliphatic carbocycles. The zero-order valence-electron chi connectivity index (χ0n) is 12.8. The molecule has 0 amide bonds. The maximum Gasteiger partial charge on any atom is 0.0874 e. The Balaban J connectivity index is 1.73. The maximum absolute atomic E-state index is 5.85. The van der Waals surface area contributed by atoms with Gasteiger partial charge in [0.15, 0.2) is 0 Å². The molecule has 1 saturated heterocycles. The van der Waals surface area contributed by atoms with Gasteiger partial charge in [0, 0.05) is 36.4 Å². The highest BCUT2D eigenvalue weighted by molar-refractivity contribution is 5.91. The number of anilines is 1. The van der Waals surface area contributed by atoms with Gasteiger partial charge in [-0.3, -0.25) is 9.88 Å². The highest BCUT2D eigenvalue weighted by Crippen LogP contribution is 2.23. The van der Waals surface area contributed by atoms with Crippen molar-refractivity contribution in [2.45, 2.75) is 20.0 Å². The van der Waals surface area contributed by atoms with E-state index in [1.54, 1.807) is 0 Å². The van der Waals surface area contributed by atoms with Crippen molar-refractivity contribution in [1.82, 2.24) is 9.88 Å². The maximum atomic E-state index is 5.85. The van der Waals surface area contributed by atoms with E-state index in [4.69, 9.17) is 4.74 Å². The fourth-order valence-electron chi connectivity index (χ4n) is 2.87. The summed E-state index contributed by atoms with van der Waals surface area (Å²) < 4.78 is 5.85. The number of morpholine rings is 1. The molecule has 2 heterocycles. The molecular formula is C17H23N3O. The Morgan fingerprint density at radius 3 is 3.10 bits per heavy atom. The number of ether oxygens (including phenoxy) is 1. The molecule has 0 spiro atoms. The van der Waals surface area contributed by atoms with Crippen LogP contribution in [0.25, 0.3) is 10.9 Å². The summed E-state index contributed by atoms with van der Waals surface area (Å²) in [6, 6.07) is 10.4. The van der Waals surface area contributed by atoms with Crippen LogP contribution in [0.3, 0.4) is 0 Å². The minimum atomic E-state index is 0.255. The first kappa shape index (κ1) is 14.3. The van der Waals surface area contributed by atoms with Crippen LogP contribution in [0.5, 0.6) is 0 Å². The molecule has 112 valence electrons. The van der Waals surface area contributed by atoms with Gasteiger partial charge in [0.2, 0.25) is 0 Å². The number of hydrogen-bond donors (Lipinski definition) is 1. The van der Waals surface area contributed by atoms with Crippen LogP contribution in [0.4, 0.5) is 5.69 Å². The fourth-order valence-corrected chi connectivity index (χ4v) is 2.87. The van der Waals surface area contributed by atoms with Crippen LogP contribution in [-0.4, -0.2) is 48.8 Å². The number of nitrogens with one attached hydrogen (secondary N) is 1. The number of hydrogen-bond acceptors (Lipinski definition) is 4. The lowest BCUT2D eigenvalue weighted by molar-refractivity contribution is -0.0191. The van der Waals surface area contributed by atoms with Gasteiger partial charge in [-0.1, -0.05) is 25.1 Å². The van der Waals surface area contributed by atoms with Crippen molar-refractivity contribution in [2.75, 3.05) is 38.1 Å². The van der Waals surface area contributed by atoms with Crippen molar-refractivity contribution in [2.24, 2.45) is 0 Å². The molecule has 4 heteroatoms. The quantitative estimate of drug-likeness (QED) is 0.937. The van der Waals surface area contributed by atoms with E-state index in [9.17, 15) is 0 Å². The van der Waals surface area contributed by atoms with Gasteiger partial charge in [-0.2, -0.15) is 0 Å².